The number of ether oxygens (including phenoxy) is 1. The maximum atomic E-state index is 12.1. The van der Waals surface area contributed by atoms with Crippen LogP contribution in [0.15, 0.2) is 30.9 Å². The molecule has 1 saturated heterocycles. The first kappa shape index (κ1) is 13.5. The van der Waals surface area contributed by atoms with Crippen LogP contribution in [-0.4, -0.2) is 25.7 Å². The minimum Gasteiger partial charge on any atom is -0.458 e. The molecule has 0 bridgehead atoms. The van der Waals surface area contributed by atoms with E-state index in [-0.39, 0.29) is 12.6 Å². The zero-order valence-corrected chi connectivity index (χ0v) is 11.1. The van der Waals surface area contributed by atoms with E-state index in [1.807, 2.05) is 12.1 Å². The SMILES string of the molecule is C=CCOC(=O)c1cc(N)ccc1N1CCCCC1. The highest BCUT2D eigenvalue weighted by atomic mass is 16.5. The van der Waals surface area contributed by atoms with E-state index >= 15 is 0 Å². The average Bonchev–Trinajstić information content (AvgIpc) is 2.45. The molecule has 19 heavy (non-hydrogen) atoms. The van der Waals surface area contributed by atoms with E-state index in [1.54, 1.807) is 12.1 Å². The fraction of sp³-hybridized carbons (Fsp3) is 0.400. The molecule has 0 amide bonds. The van der Waals surface area contributed by atoms with Gasteiger partial charge in [0, 0.05) is 18.8 Å². The van der Waals surface area contributed by atoms with Crippen molar-refractivity contribution in [2.75, 3.05) is 30.3 Å². The predicted molar refractivity (Wildman–Crippen MR) is 77.4 cm³/mol. The monoisotopic (exact) mass is 260 g/mol. The molecule has 1 aromatic carbocycles. The van der Waals surface area contributed by atoms with E-state index in [2.05, 4.69) is 11.5 Å². The number of hydrogen-bond acceptors (Lipinski definition) is 4. The van der Waals surface area contributed by atoms with Crippen LogP contribution in [0.25, 0.3) is 0 Å². The molecule has 0 aliphatic carbocycles. The van der Waals surface area contributed by atoms with E-state index in [0.717, 1.165) is 31.6 Å². The number of carbonyl (C=O) groups excluding carboxylic acids is 1. The second-order valence-electron chi connectivity index (χ2n) is 4.71. The average molecular weight is 260 g/mol. The second kappa shape index (κ2) is 6.27. The smallest absolute Gasteiger partial charge is 0.340 e. The Bertz CT molecular complexity index is 465. The minimum atomic E-state index is -0.340. The minimum absolute atomic E-state index is 0.215. The summed E-state index contributed by atoms with van der Waals surface area (Å²) in [5.41, 5.74) is 7.82. The largest absolute Gasteiger partial charge is 0.458 e. The summed E-state index contributed by atoms with van der Waals surface area (Å²) >= 11 is 0. The van der Waals surface area contributed by atoms with Gasteiger partial charge in [0.1, 0.15) is 6.61 Å². The molecule has 0 unspecified atom stereocenters. The molecule has 1 aliphatic rings. The number of rotatable bonds is 4. The van der Waals surface area contributed by atoms with Gasteiger partial charge >= 0.3 is 5.97 Å². The van der Waals surface area contributed by atoms with Crippen molar-refractivity contribution in [1.29, 1.82) is 0 Å². The first-order chi connectivity index (χ1) is 9.22. The molecule has 0 atom stereocenters. The maximum absolute atomic E-state index is 12.1. The third-order valence-electron chi connectivity index (χ3n) is 3.27. The Morgan fingerprint density at radius 1 is 1.37 bits per heavy atom. The van der Waals surface area contributed by atoms with Crippen molar-refractivity contribution in [3.63, 3.8) is 0 Å². The highest BCUT2D eigenvalue weighted by Crippen LogP contribution is 2.26. The Morgan fingerprint density at radius 3 is 2.79 bits per heavy atom. The molecule has 1 heterocycles. The molecular formula is C15H20N2O2. The van der Waals surface area contributed by atoms with Gasteiger partial charge in [0.05, 0.1) is 11.3 Å². The number of piperidine rings is 1. The van der Waals surface area contributed by atoms with Crippen LogP contribution in [0.3, 0.4) is 0 Å². The topological polar surface area (TPSA) is 55.6 Å². The molecule has 4 heteroatoms. The van der Waals surface area contributed by atoms with Crippen molar-refractivity contribution in [3.8, 4) is 0 Å². The molecule has 1 aliphatic heterocycles. The van der Waals surface area contributed by atoms with Crippen molar-refractivity contribution >= 4 is 17.3 Å². The van der Waals surface area contributed by atoms with Crippen molar-refractivity contribution < 1.29 is 9.53 Å². The van der Waals surface area contributed by atoms with Gasteiger partial charge in [0.25, 0.3) is 0 Å². The molecule has 2 N–H and O–H groups in total. The van der Waals surface area contributed by atoms with Crippen LogP contribution in [0.2, 0.25) is 0 Å². The van der Waals surface area contributed by atoms with Crippen LogP contribution >= 0.6 is 0 Å². The lowest BCUT2D eigenvalue weighted by molar-refractivity contribution is 0.0550. The van der Waals surface area contributed by atoms with Crippen molar-refractivity contribution in [2.45, 2.75) is 19.3 Å². The van der Waals surface area contributed by atoms with Gasteiger partial charge in [-0.25, -0.2) is 4.79 Å². The van der Waals surface area contributed by atoms with Crippen LogP contribution < -0.4 is 10.6 Å². The summed E-state index contributed by atoms with van der Waals surface area (Å²) in [6.45, 7) is 5.71. The fourth-order valence-corrected chi connectivity index (χ4v) is 2.34. The quantitative estimate of drug-likeness (QED) is 0.513. The van der Waals surface area contributed by atoms with Crippen LogP contribution in [0.5, 0.6) is 0 Å². The number of benzene rings is 1. The van der Waals surface area contributed by atoms with Crippen molar-refractivity contribution in [1.82, 2.24) is 0 Å². The van der Waals surface area contributed by atoms with E-state index in [1.165, 1.54) is 6.42 Å². The Morgan fingerprint density at radius 2 is 2.11 bits per heavy atom. The zero-order chi connectivity index (χ0) is 13.7. The highest BCUT2D eigenvalue weighted by molar-refractivity contribution is 5.97. The normalized spacial score (nSPS) is 15.1. The van der Waals surface area contributed by atoms with E-state index < -0.39 is 0 Å². The number of carbonyl (C=O) groups is 1. The molecule has 0 saturated carbocycles. The molecule has 2 rings (SSSR count). The van der Waals surface area contributed by atoms with Crippen molar-refractivity contribution in [2.24, 2.45) is 0 Å². The van der Waals surface area contributed by atoms with Crippen LogP contribution in [0, 0.1) is 0 Å². The van der Waals surface area contributed by atoms with Crippen molar-refractivity contribution in [3.05, 3.63) is 36.4 Å². The molecule has 0 radical (unpaired) electrons. The summed E-state index contributed by atoms with van der Waals surface area (Å²) in [5.74, 6) is -0.340. The van der Waals surface area contributed by atoms with Crippen LogP contribution in [0.4, 0.5) is 11.4 Å². The fourth-order valence-electron chi connectivity index (χ4n) is 2.34. The Kier molecular flexibility index (Phi) is 4.44. The van der Waals surface area contributed by atoms with E-state index in [9.17, 15) is 4.79 Å². The summed E-state index contributed by atoms with van der Waals surface area (Å²) in [6, 6.07) is 5.43. The lowest BCUT2D eigenvalue weighted by atomic mass is 10.1. The zero-order valence-electron chi connectivity index (χ0n) is 11.1. The number of nitrogens with zero attached hydrogens (tertiary/aromatic N) is 1. The third kappa shape index (κ3) is 3.28. The second-order valence-corrected chi connectivity index (χ2v) is 4.71. The van der Waals surface area contributed by atoms with Gasteiger partial charge in [-0.3, -0.25) is 0 Å². The number of hydrogen-bond donors (Lipinski definition) is 1. The Labute approximate surface area is 113 Å². The first-order valence-electron chi connectivity index (χ1n) is 6.65. The molecule has 4 nitrogen and oxygen atoms in total. The number of nitrogens with two attached hydrogens (primary N) is 1. The molecular weight excluding hydrogens is 240 g/mol. The lowest BCUT2D eigenvalue weighted by Gasteiger charge is -2.30. The summed E-state index contributed by atoms with van der Waals surface area (Å²) in [6.07, 6.45) is 5.13. The summed E-state index contributed by atoms with van der Waals surface area (Å²) in [5, 5.41) is 0. The van der Waals surface area contributed by atoms with Gasteiger partial charge < -0.3 is 15.4 Å². The van der Waals surface area contributed by atoms with Gasteiger partial charge in [-0.15, -0.1) is 0 Å². The first-order valence-corrected chi connectivity index (χ1v) is 6.65. The van der Waals surface area contributed by atoms with E-state index in [4.69, 9.17) is 10.5 Å². The summed E-state index contributed by atoms with van der Waals surface area (Å²) < 4.78 is 5.12. The van der Waals surface area contributed by atoms with Crippen LogP contribution in [0.1, 0.15) is 29.6 Å². The molecule has 1 fully saturated rings. The number of esters is 1. The summed E-state index contributed by atoms with van der Waals surface area (Å²) in [4.78, 5) is 14.3. The number of nitrogen functional groups attached to an aromatic ring is 1. The molecule has 0 aromatic heterocycles. The third-order valence-corrected chi connectivity index (χ3v) is 3.27. The highest BCUT2D eigenvalue weighted by Gasteiger charge is 2.19. The standard InChI is InChI=1S/C15H20N2O2/c1-2-10-19-15(18)13-11-12(16)6-7-14(13)17-8-4-3-5-9-17/h2,6-7,11H,1,3-5,8-10,16H2. The molecule has 1 aromatic rings. The van der Waals surface area contributed by atoms with E-state index in [0.29, 0.717) is 11.3 Å². The van der Waals surface area contributed by atoms with Gasteiger partial charge in [0.15, 0.2) is 0 Å². The lowest BCUT2D eigenvalue weighted by Crippen LogP contribution is -2.31. The Hall–Kier alpha value is -1.97. The van der Waals surface area contributed by atoms with Gasteiger partial charge in [-0.05, 0) is 37.5 Å². The Balaban J connectivity index is 2.26. The van der Waals surface area contributed by atoms with Gasteiger partial charge in [0.2, 0.25) is 0 Å². The predicted octanol–water partition coefficient (Wildman–Crippen LogP) is 2.60. The van der Waals surface area contributed by atoms with Gasteiger partial charge in [-0.2, -0.15) is 0 Å². The molecule has 102 valence electrons. The number of anilines is 2. The van der Waals surface area contributed by atoms with Crippen LogP contribution in [-0.2, 0) is 4.74 Å². The maximum Gasteiger partial charge on any atom is 0.340 e. The summed E-state index contributed by atoms with van der Waals surface area (Å²) in [7, 11) is 0. The molecule has 0 spiro atoms. The van der Waals surface area contributed by atoms with Gasteiger partial charge in [-0.1, -0.05) is 12.7 Å².